The van der Waals surface area contributed by atoms with E-state index in [-0.39, 0.29) is 17.5 Å². The Morgan fingerprint density at radius 2 is 2.05 bits per heavy atom. The maximum absolute atomic E-state index is 13.6. The van der Waals surface area contributed by atoms with E-state index >= 15 is 0 Å². The van der Waals surface area contributed by atoms with Gasteiger partial charge in [0.05, 0.1) is 17.7 Å². The highest BCUT2D eigenvalue weighted by atomic mass is 19.4. The molecule has 0 saturated carbocycles. The van der Waals surface area contributed by atoms with Crippen molar-refractivity contribution in [1.29, 1.82) is 0 Å². The second kappa shape index (κ2) is 5.07. The maximum atomic E-state index is 13.6. The number of hydrogen-bond acceptors (Lipinski definition) is 3. The Morgan fingerprint density at radius 1 is 1.35 bits per heavy atom. The Kier molecular flexibility index (Phi) is 3.61. The molecule has 20 heavy (non-hydrogen) atoms. The summed E-state index contributed by atoms with van der Waals surface area (Å²) in [5.74, 6) is -1.94. The number of alkyl halides is 3. The Morgan fingerprint density at radius 3 is 2.65 bits per heavy atom. The van der Waals surface area contributed by atoms with Crippen LogP contribution in [0.5, 0.6) is 0 Å². The molecule has 1 heterocycles. The Labute approximate surface area is 111 Å². The number of halogens is 4. The first-order valence-electron chi connectivity index (χ1n) is 5.68. The summed E-state index contributed by atoms with van der Waals surface area (Å²) in [6.45, 7) is 1.37. The fourth-order valence-corrected chi connectivity index (χ4v) is 1.74. The number of aromatic nitrogens is 1. The van der Waals surface area contributed by atoms with E-state index in [2.05, 4.69) is 9.72 Å². The fourth-order valence-electron chi connectivity index (χ4n) is 1.74. The minimum Gasteiger partial charge on any atom is -0.462 e. The van der Waals surface area contributed by atoms with Crippen molar-refractivity contribution in [2.24, 2.45) is 0 Å². The molecule has 0 unspecified atom stereocenters. The summed E-state index contributed by atoms with van der Waals surface area (Å²) < 4.78 is 56.9. The van der Waals surface area contributed by atoms with Crippen molar-refractivity contribution >= 4 is 16.9 Å². The van der Waals surface area contributed by atoms with Gasteiger partial charge in [-0.3, -0.25) is 0 Å². The second-order valence-electron chi connectivity index (χ2n) is 3.91. The molecule has 0 aliphatic rings. The quantitative estimate of drug-likeness (QED) is 0.626. The third-order valence-corrected chi connectivity index (χ3v) is 2.57. The molecule has 106 valence electrons. The van der Waals surface area contributed by atoms with Gasteiger partial charge in [-0.25, -0.2) is 14.2 Å². The van der Waals surface area contributed by atoms with Crippen molar-refractivity contribution in [2.75, 3.05) is 6.61 Å². The van der Waals surface area contributed by atoms with Crippen molar-refractivity contribution in [3.8, 4) is 0 Å². The maximum Gasteiger partial charge on any atom is 0.434 e. The normalized spacial score (nSPS) is 11.7. The zero-order chi connectivity index (χ0) is 14.9. The van der Waals surface area contributed by atoms with Crippen LogP contribution >= 0.6 is 0 Å². The van der Waals surface area contributed by atoms with Crippen LogP contribution in [0.15, 0.2) is 24.3 Å². The van der Waals surface area contributed by atoms with Crippen molar-refractivity contribution in [3.05, 3.63) is 41.3 Å². The van der Waals surface area contributed by atoms with Crippen LogP contribution in [0.3, 0.4) is 0 Å². The van der Waals surface area contributed by atoms with Gasteiger partial charge in [-0.15, -0.1) is 0 Å². The zero-order valence-electron chi connectivity index (χ0n) is 10.3. The molecular weight excluding hydrogens is 278 g/mol. The molecule has 0 fully saturated rings. The summed E-state index contributed by atoms with van der Waals surface area (Å²) in [6.07, 6.45) is -4.83. The number of ether oxygens (including phenoxy) is 1. The number of benzene rings is 1. The van der Waals surface area contributed by atoms with Gasteiger partial charge in [0.25, 0.3) is 0 Å². The van der Waals surface area contributed by atoms with Crippen molar-refractivity contribution in [1.82, 2.24) is 4.98 Å². The molecule has 0 N–H and O–H groups in total. The summed E-state index contributed by atoms with van der Waals surface area (Å²) >= 11 is 0. The van der Waals surface area contributed by atoms with Crippen LogP contribution in [-0.4, -0.2) is 17.6 Å². The highest BCUT2D eigenvalue weighted by Crippen LogP contribution is 2.33. The van der Waals surface area contributed by atoms with Crippen LogP contribution in [0.1, 0.15) is 23.0 Å². The van der Waals surface area contributed by atoms with Crippen molar-refractivity contribution < 1.29 is 27.1 Å². The van der Waals surface area contributed by atoms with Gasteiger partial charge in [-0.2, -0.15) is 13.2 Å². The van der Waals surface area contributed by atoms with E-state index < -0.39 is 29.2 Å². The second-order valence-corrected chi connectivity index (χ2v) is 3.91. The minimum absolute atomic E-state index is 0.0918. The van der Waals surface area contributed by atoms with Gasteiger partial charge in [-0.1, -0.05) is 6.07 Å². The lowest BCUT2D eigenvalue weighted by molar-refractivity contribution is -0.141. The smallest absolute Gasteiger partial charge is 0.434 e. The highest BCUT2D eigenvalue weighted by Gasteiger charge is 2.38. The molecule has 1 aromatic carbocycles. The van der Waals surface area contributed by atoms with Gasteiger partial charge in [0, 0.05) is 5.39 Å². The fraction of sp³-hybridized carbons (Fsp3) is 0.231. The van der Waals surface area contributed by atoms with Crippen LogP contribution in [0.25, 0.3) is 10.9 Å². The van der Waals surface area contributed by atoms with Crippen LogP contribution in [0.2, 0.25) is 0 Å². The number of hydrogen-bond donors (Lipinski definition) is 0. The molecular formula is C13H9F4NO2. The molecule has 2 rings (SSSR count). The molecule has 0 aliphatic heterocycles. The van der Waals surface area contributed by atoms with Gasteiger partial charge in [0.15, 0.2) is 5.69 Å². The number of nitrogens with zero attached hydrogens (tertiary/aromatic N) is 1. The van der Waals surface area contributed by atoms with Gasteiger partial charge < -0.3 is 4.74 Å². The van der Waals surface area contributed by atoms with E-state index in [1.807, 2.05) is 0 Å². The van der Waals surface area contributed by atoms with Gasteiger partial charge in [-0.05, 0) is 25.1 Å². The van der Waals surface area contributed by atoms with E-state index in [1.165, 1.54) is 19.1 Å². The average Bonchev–Trinajstić information content (AvgIpc) is 2.37. The average molecular weight is 287 g/mol. The highest BCUT2D eigenvalue weighted by molar-refractivity contribution is 5.95. The molecule has 0 atom stereocenters. The topological polar surface area (TPSA) is 39.2 Å². The SMILES string of the molecule is CCOC(=O)c1cc2c(F)cccc2nc1C(F)(F)F. The first kappa shape index (κ1) is 14.2. The number of fused-ring (bicyclic) bond motifs is 1. The monoisotopic (exact) mass is 287 g/mol. The number of rotatable bonds is 2. The third kappa shape index (κ3) is 2.56. The molecule has 0 amide bonds. The molecule has 7 heteroatoms. The largest absolute Gasteiger partial charge is 0.462 e. The number of carbonyl (C=O) groups is 1. The van der Waals surface area contributed by atoms with E-state index in [9.17, 15) is 22.4 Å². The number of carbonyl (C=O) groups excluding carboxylic acids is 1. The molecule has 3 nitrogen and oxygen atoms in total. The molecule has 1 aromatic heterocycles. The first-order valence-corrected chi connectivity index (χ1v) is 5.68. The van der Waals surface area contributed by atoms with Crippen LogP contribution < -0.4 is 0 Å². The molecule has 0 spiro atoms. The Balaban J connectivity index is 2.74. The lowest BCUT2D eigenvalue weighted by Gasteiger charge is -2.12. The Hall–Kier alpha value is -2.18. The minimum atomic E-state index is -4.83. The van der Waals surface area contributed by atoms with Gasteiger partial charge >= 0.3 is 12.1 Å². The summed E-state index contributed by atoms with van der Waals surface area (Å²) in [4.78, 5) is 14.9. The molecule has 0 saturated heterocycles. The molecule has 0 bridgehead atoms. The first-order chi connectivity index (χ1) is 9.34. The lowest BCUT2D eigenvalue weighted by Crippen LogP contribution is -2.17. The predicted molar refractivity (Wildman–Crippen MR) is 62.7 cm³/mol. The predicted octanol–water partition coefficient (Wildman–Crippen LogP) is 3.57. The summed E-state index contributed by atoms with van der Waals surface area (Å²) in [7, 11) is 0. The zero-order valence-corrected chi connectivity index (χ0v) is 10.3. The van der Waals surface area contributed by atoms with Crippen LogP contribution in [0.4, 0.5) is 17.6 Å². The van der Waals surface area contributed by atoms with Gasteiger partial charge in [0.2, 0.25) is 0 Å². The van der Waals surface area contributed by atoms with E-state index in [4.69, 9.17) is 0 Å². The van der Waals surface area contributed by atoms with Crippen LogP contribution in [-0.2, 0) is 10.9 Å². The van der Waals surface area contributed by atoms with Crippen LogP contribution in [0, 0.1) is 5.82 Å². The number of pyridine rings is 1. The molecule has 0 radical (unpaired) electrons. The molecule has 2 aromatic rings. The molecule has 0 aliphatic carbocycles. The summed E-state index contributed by atoms with van der Waals surface area (Å²) in [5, 5.41) is -0.163. The summed E-state index contributed by atoms with van der Waals surface area (Å²) in [5.41, 5.74) is -2.35. The van der Waals surface area contributed by atoms with Crippen molar-refractivity contribution in [2.45, 2.75) is 13.1 Å². The Bertz CT molecular complexity index is 667. The van der Waals surface area contributed by atoms with Crippen molar-refractivity contribution in [3.63, 3.8) is 0 Å². The summed E-state index contributed by atoms with van der Waals surface area (Å²) in [6, 6.07) is 4.38. The lowest BCUT2D eigenvalue weighted by atomic mass is 10.1. The standard InChI is InChI=1S/C13H9F4NO2/c1-2-20-12(19)8-6-7-9(14)4-3-5-10(7)18-11(8)13(15,16)17/h3-6H,2H2,1H3. The number of esters is 1. The van der Waals surface area contributed by atoms with E-state index in [0.717, 1.165) is 12.1 Å². The van der Waals surface area contributed by atoms with Gasteiger partial charge in [0.1, 0.15) is 5.82 Å². The van der Waals surface area contributed by atoms with E-state index in [1.54, 1.807) is 0 Å². The third-order valence-electron chi connectivity index (χ3n) is 2.57. The van der Waals surface area contributed by atoms with E-state index in [0.29, 0.717) is 0 Å².